The number of nitrogens with zero attached hydrogens (tertiary/aromatic N) is 5. The first-order valence-electron chi connectivity index (χ1n) is 7.25. The minimum absolute atomic E-state index is 0.149. The molecule has 3 aromatic heterocycles. The van der Waals surface area contributed by atoms with E-state index in [-0.39, 0.29) is 12.5 Å². The van der Waals surface area contributed by atoms with Crippen LogP contribution in [-0.2, 0) is 11.3 Å². The van der Waals surface area contributed by atoms with E-state index in [0.717, 1.165) is 5.56 Å². The molecule has 0 radical (unpaired) electrons. The summed E-state index contributed by atoms with van der Waals surface area (Å²) in [7, 11) is 1.78. The molecule has 3 rings (SSSR count). The van der Waals surface area contributed by atoms with Gasteiger partial charge in [-0.3, -0.25) is 14.7 Å². The molecule has 0 aliphatic rings. The van der Waals surface area contributed by atoms with E-state index in [1.165, 1.54) is 0 Å². The molecule has 0 unspecified atom stereocenters. The zero-order valence-electron chi connectivity index (χ0n) is 13.3. The zero-order valence-corrected chi connectivity index (χ0v) is 13.3. The number of pyridine rings is 1. The van der Waals surface area contributed by atoms with Crippen LogP contribution in [0.1, 0.15) is 11.7 Å². The lowest BCUT2D eigenvalue weighted by atomic mass is 10.3. The molecule has 0 bridgehead atoms. The second-order valence-corrected chi connectivity index (χ2v) is 5.30. The predicted molar refractivity (Wildman–Crippen MR) is 83.7 cm³/mol. The monoisotopic (exact) mass is 328 g/mol. The van der Waals surface area contributed by atoms with Gasteiger partial charge in [-0.25, -0.2) is 0 Å². The molecular formula is C15H16N6O3. The third-order valence-corrected chi connectivity index (χ3v) is 3.10. The average molecular weight is 328 g/mol. The number of aryl methyl sites for hydroxylation is 1. The van der Waals surface area contributed by atoms with E-state index in [1.807, 2.05) is 6.07 Å². The van der Waals surface area contributed by atoms with Gasteiger partial charge in [0.1, 0.15) is 5.76 Å². The Labute approximate surface area is 137 Å². The lowest BCUT2D eigenvalue weighted by Gasteiger charge is -2.12. The summed E-state index contributed by atoms with van der Waals surface area (Å²) >= 11 is 0. The Morgan fingerprint density at radius 1 is 1.33 bits per heavy atom. The fourth-order valence-electron chi connectivity index (χ4n) is 2.07. The van der Waals surface area contributed by atoms with Crippen LogP contribution in [0.25, 0.3) is 11.4 Å². The van der Waals surface area contributed by atoms with Gasteiger partial charge in [0.25, 0.3) is 0 Å². The van der Waals surface area contributed by atoms with Crippen LogP contribution in [0.15, 0.2) is 39.6 Å². The van der Waals surface area contributed by atoms with Crippen LogP contribution < -0.4 is 5.32 Å². The van der Waals surface area contributed by atoms with E-state index < -0.39 is 0 Å². The number of aromatic nitrogens is 4. The number of hydrogen-bond acceptors (Lipinski definition) is 8. The maximum atomic E-state index is 11.9. The molecule has 1 N–H and O–H groups in total. The smallest absolute Gasteiger partial charge is 0.241 e. The maximum Gasteiger partial charge on any atom is 0.241 e. The Bertz CT molecular complexity index is 813. The van der Waals surface area contributed by atoms with Crippen LogP contribution >= 0.6 is 0 Å². The minimum atomic E-state index is -0.210. The molecular weight excluding hydrogens is 312 g/mol. The van der Waals surface area contributed by atoms with Gasteiger partial charge < -0.3 is 14.4 Å². The van der Waals surface area contributed by atoms with Gasteiger partial charge in [0.15, 0.2) is 5.82 Å². The van der Waals surface area contributed by atoms with E-state index in [1.54, 1.807) is 43.4 Å². The topological polar surface area (TPSA) is 110 Å². The van der Waals surface area contributed by atoms with Gasteiger partial charge in [-0.05, 0) is 26.1 Å². The molecule has 0 saturated heterocycles. The molecule has 9 heteroatoms. The van der Waals surface area contributed by atoms with Gasteiger partial charge in [-0.2, -0.15) is 4.98 Å². The van der Waals surface area contributed by atoms with Crippen molar-refractivity contribution in [3.63, 3.8) is 0 Å². The highest BCUT2D eigenvalue weighted by Crippen LogP contribution is 2.14. The standard InChI is InChI=1S/C15H16N6O3/c1-10-6-12(19-23-10)17-13(22)8-21(2)9-14-18-15(20-24-14)11-4-3-5-16-7-11/h3-7H,8-9H2,1-2H3,(H,17,19,22). The lowest BCUT2D eigenvalue weighted by molar-refractivity contribution is -0.117. The Morgan fingerprint density at radius 3 is 2.92 bits per heavy atom. The number of carbonyl (C=O) groups is 1. The molecule has 0 saturated carbocycles. The van der Waals surface area contributed by atoms with Crippen LogP contribution in [0.3, 0.4) is 0 Å². The number of nitrogens with one attached hydrogen (secondary N) is 1. The van der Waals surface area contributed by atoms with Crippen LogP contribution in [0.5, 0.6) is 0 Å². The molecule has 0 fully saturated rings. The Morgan fingerprint density at radius 2 is 2.21 bits per heavy atom. The van der Waals surface area contributed by atoms with Crippen LogP contribution in [0, 0.1) is 6.92 Å². The summed E-state index contributed by atoms with van der Waals surface area (Å²) in [5.74, 6) is 1.70. The van der Waals surface area contributed by atoms with Crippen LogP contribution in [0.4, 0.5) is 5.82 Å². The predicted octanol–water partition coefficient (Wildman–Crippen LogP) is 1.50. The van der Waals surface area contributed by atoms with Crippen molar-refractivity contribution in [1.82, 2.24) is 25.2 Å². The number of amides is 1. The van der Waals surface area contributed by atoms with Crippen molar-refractivity contribution in [2.24, 2.45) is 0 Å². The van der Waals surface area contributed by atoms with Gasteiger partial charge >= 0.3 is 0 Å². The molecule has 0 atom stereocenters. The highest BCUT2D eigenvalue weighted by Gasteiger charge is 2.14. The average Bonchev–Trinajstić information content (AvgIpc) is 3.17. The first-order valence-corrected chi connectivity index (χ1v) is 7.25. The number of anilines is 1. The molecule has 124 valence electrons. The van der Waals surface area contributed by atoms with E-state index in [2.05, 4.69) is 25.6 Å². The number of rotatable bonds is 6. The molecule has 0 aliphatic carbocycles. The van der Waals surface area contributed by atoms with Crippen LogP contribution in [0.2, 0.25) is 0 Å². The molecule has 3 aromatic rings. The first kappa shape index (κ1) is 15.8. The second-order valence-electron chi connectivity index (χ2n) is 5.30. The summed E-state index contributed by atoms with van der Waals surface area (Å²) in [5, 5.41) is 10.3. The Hall–Kier alpha value is -3.07. The normalized spacial score (nSPS) is 11.0. The maximum absolute atomic E-state index is 11.9. The van der Waals surface area contributed by atoms with Gasteiger partial charge in [0, 0.05) is 24.0 Å². The number of likely N-dealkylation sites (N-methyl/N-ethyl adjacent to an activating group) is 1. The lowest BCUT2D eigenvalue weighted by Crippen LogP contribution is -2.30. The Kier molecular flexibility index (Phi) is 4.62. The molecule has 0 spiro atoms. The Balaban J connectivity index is 1.54. The largest absolute Gasteiger partial charge is 0.360 e. The number of hydrogen-bond donors (Lipinski definition) is 1. The first-order chi connectivity index (χ1) is 11.6. The summed E-state index contributed by atoms with van der Waals surface area (Å²) < 4.78 is 10.1. The molecule has 0 aliphatic heterocycles. The van der Waals surface area contributed by atoms with Gasteiger partial charge in [-0.1, -0.05) is 10.3 Å². The third kappa shape index (κ3) is 4.02. The van der Waals surface area contributed by atoms with Gasteiger partial charge in [-0.15, -0.1) is 0 Å². The fraction of sp³-hybridized carbons (Fsp3) is 0.267. The van der Waals surface area contributed by atoms with Crippen molar-refractivity contribution < 1.29 is 13.8 Å². The van der Waals surface area contributed by atoms with Crippen molar-refractivity contribution >= 4 is 11.7 Å². The fourth-order valence-corrected chi connectivity index (χ4v) is 2.07. The summed E-state index contributed by atoms with van der Waals surface area (Å²) in [5.41, 5.74) is 0.772. The molecule has 24 heavy (non-hydrogen) atoms. The van der Waals surface area contributed by atoms with Crippen molar-refractivity contribution in [2.75, 3.05) is 18.9 Å². The minimum Gasteiger partial charge on any atom is -0.360 e. The summed E-state index contributed by atoms with van der Waals surface area (Å²) in [4.78, 5) is 22.0. The molecule has 1 amide bonds. The van der Waals surface area contributed by atoms with Crippen molar-refractivity contribution in [2.45, 2.75) is 13.5 Å². The van der Waals surface area contributed by atoms with E-state index in [4.69, 9.17) is 9.05 Å². The van der Waals surface area contributed by atoms with E-state index in [9.17, 15) is 4.79 Å². The van der Waals surface area contributed by atoms with Crippen molar-refractivity contribution in [3.05, 3.63) is 42.2 Å². The second kappa shape index (κ2) is 7.01. The molecule has 0 aromatic carbocycles. The highest BCUT2D eigenvalue weighted by atomic mass is 16.5. The van der Waals surface area contributed by atoms with E-state index in [0.29, 0.717) is 29.8 Å². The summed E-state index contributed by atoms with van der Waals surface area (Å²) in [6.45, 7) is 2.25. The molecule has 3 heterocycles. The van der Waals surface area contributed by atoms with E-state index >= 15 is 0 Å². The van der Waals surface area contributed by atoms with Gasteiger partial charge in [0.2, 0.25) is 17.6 Å². The highest BCUT2D eigenvalue weighted by molar-refractivity contribution is 5.91. The van der Waals surface area contributed by atoms with Crippen LogP contribution in [-0.4, -0.2) is 44.7 Å². The SMILES string of the molecule is Cc1cc(NC(=O)CN(C)Cc2nc(-c3cccnc3)no2)no1. The quantitative estimate of drug-likeness (QED) is 0.725. The number of carbonyl (C=O) groups excluding carboxylic acids is 1. The third-order valence-electron chi connectivity index (χ3n) is 3.10. The van der Waals surface area contributed by atoms with Crippen molar-refractivity contribution in [1.29, 1.82) is 0 Å². The summed E-state index contributed by atoms with van der Waals surface area (Å²) in [6, 6.07) is 5.29. The zero-order chi connectivity index (χ0) is 16.9. The van der Waals surface area contributed by atoms with Crippen molar-refractivity contribution in [3.8, 4) is 11.4 Å². The van der Waals surface area contributed by atoms with Gasteiger partial charge in [0.05, 0.1) is 13.1 Å². The summed E-state index contributed by atoms with van der Waals surface area (Å²) in [6.07, 6.45) is 3.33. The molecule has 9 nitrogen and oxygen atoms in total.